The molecule has 3 heteroatoms. The topological polar surface area (TPSA) is 44.0 Å². The molecule has 0 aromatic heterocycles. The van der Waals surface area contributed by atoms with Gasteiger partial charge in [-0.05, 0) is 25.7 Å². The predicted molar refractivity (Wildman–Crippen MR) is 38.5 cm³/mol. The van der Waals surface area contributed by atoms with Crippen LogP contribution in [0.5, 0.6) is 0 Å². The van der Waals surface area contributed by atoms with Crippen LogP contribution in [0, 0.1) is 17.2 Å². The second kappa shape index (κ2) is 3.19. The van der Waals surface area contributed by atoms with Gasteiger partial charge in [-0.3, -0.25) is 0 Å². The summed E-state index contributed by atoms with van der Waals surface area (Å²) in [6.45, 7) is -0.398. The number of nitrogens with zero attached hydrogens (tertiary/aromatic N) is 1. The third-order valence-electron chi connectivity index (χ3n) is 2.35. The number of halogens is 1. The molecule has 62 valence electrons. The smallest absolute Gasteiger partial charge is 0.134 e. The third-order valence-corrected chi connectivity index (χ3v) is 2.35. The van der Waals surface area contributed by atoms with E-state index < -0.39 is 12.3 Å². The van der Waals surface area contributed by atoms with Crippen molar-refractivity contribution < 1.29 is 9.50 Å². The molecule has 0 atom stereocenters. The van der Waals surface area contributed by atoms with Gasteiger partial charge in [-0.1, -0.05) is 0 Å². The van der Waals surface area contributed by atoms with Gasteiger partial charge in [0.25, 0.3) is 0 Å². The predicted octanol–water partition coefficient (Wildman–Crippen LogP) is 1.40. The molecule has 0 saturated heterocycles. The maximum Gasteiger partial charge on any atom is 0.134 e. The fourth-order valence-corrected chi connectivity index (χ4v) is 1.42. The first kappa shape index (κ1) is 8.48. The molecule has 1 N–H and O–H groups in total. The fourth-order valence-electron chi connectivity index (χ4n) is 1.42. The van der Waals surface area contributed by atoms with Crippen molar-refractivity contribution >= 4 is 0 Å². The molecule has 0 unspecified atom stereocenters. The highest BCUT2D eigenvalue weighted by molar-refractivity contribution is 4.93. The summed E-state index contributed by atoms with van der Waals surface area (Å²) in [5.74, 6) is 0.00502. The number of nitriles is 1. The molecule has 0 spiro atoms. The Morgan fingerprint density at radius 3 is 2.45 bits per heavy atom. The molecule has 0 bridgehead atoms. The number of aliphatic hydroxyl groups excluding tert-OH is 1. The maximum atomic E-state index is 13.3. The highest BCUT2D eigenvalue weighted by Crippen LogP contribution is 2.34. The van der Waals surface area contributed by atoms with Gasteiger partial charge in [0.1, 0.15) is 5.67 Å². The van der Waals surface area contributed by atoms with E-state index in [1.165, 1.54) is 0 Å². The number of hydrogen-bond acceptors (Lipinski definition) is 2. The summed E-state index contributed by atoms with van der Waals surface area (Å²) in [5, 5.41) is 17.2. The molecule has 0 radical (unpaired) electrons. The molecular formula is C8H12FNO. The first-order valence-electron chi connectivity index (χ1n) is 3.89. The van der Waals surface area contributed by atoms with Gasteiger partial charge in [-0.25, -0.2) is 4.39 Å². The van der Waals surface area contributed by atoms with Crippen molar-refractivity contribution in [2.24, 2.45) is 5.92 Å². The van der Waals surface area contributed by atoms with Crippen LogP contribution in [0.1, 0.15) is 25.7 Å². The molecule has 0 heterocycles. The van der Waals surface area contributed by atoms with E-state index in [2.05, 4.69) is 6.07 Å². The van der Waals surface area contributed by atoms with E-state index in [1.807, 2.05) is 0 Å². The Labute approximate surface area is 65.6 Å². The molecule has 0 aromatic rings. The van der Waals surface area contributed by atoms with E-state index in [1.54, 1.807) is 0 Å². The molecule has 0 amide bonds. The van der Waals surface area contributed by atoms with Crippen molar-refractivity contribution in [3.63, 3.8) is 0 Å². The maximum absolute atomic E-state index is 13.3. The van der Waals surface area contributed by atoms with Crippen molar-refractivity contribution in [2.75, 3.05) is 6.61 Å². The van der Waals surface area contributed by atoms with Crippen molar-refractivity contribution in [3.05, 3.63) is 0 Å². The fraction of sp³-hybridized carbons (Fsp3) is 0.875. The zero-order valence-electron chi connectivity index (χ0n) is 6.39. The number of alkyl halides is 1. The van der Waals surface area contributed by atoms with Crippen molar-refractivity contribution in [1.29, 1.82) is 5.26 Å². The Morgan fingerprint density at radius 2 is 2.09 bits per heavy atom. The Kier molecular flexibility index (Phi) is 2.45. The molecule has 2 nitrogen and oxygen atoms in total. The van der Waals surface area contributed by atoms with Crippen LogP contribution in [0.25, 0.3) is 0 Å². The van der Waals surface area contributed by atoms with Crippen molar-refractivity contribution in [3.8, 4) is 6.07 Å². The third kappa shape index (κ3) is 1.90. The van der Waals surface area contributed by atoms with E-state index >= 15 is 0 Å². The van der Waals surface area contributed by atoms with Gasteiger partial charge in [0.15, 0.2) is 0 Å². The normalized spacial score (nSPS) is 38.1. The molecule has 1 rings (SSSR count). The molecule has 1 aliphatic carbocycles. The molecule has 1 fully saturated rings. The first-order valence-corrected chi connectivity index (χ1v) is 3.89. The Balaban J connectivity index is 2.42. The zero-order chi connectivity index (χ0) is 8.32. The largest absolute Gasteiger partial charge is 0.393 e. The lowest BCUT2D eigenvalue weighted by Gasteiger charge is -2.29. The summed E-state index contributed by atoms with van der Waals surface area (Å²) in [7, 11) is 0. The van der Waals surface area contributed by atoms with Crippen LogP contribution in [-0.4, -0.2) is 17.4 Å². The SMILES string of the molecule is N#C[C@H]1CC[C@](F)(CO)CC1. The van der Waals surface area contributed by atoms with E-state index in [0.29, 0.717) is 25.7 Å². The van der Waals surface area contributed by atoms with E-state index in [-0.39, 0.29) is 5.92 Å². The number of aliphatic hydroxyl groups is 1. The Hall–Kier alpha value is -0.620. The Morgan fingerprint density at radius 1 is 1.55 bits per heavy atom. The van der Waals surface area contributed by atoms with Crippen LogP contribution in [0.4, 0.5) is 4.39 Å². The van der Waals surface area contributed by atoms with Gasteiger partial charge in [-0.2, -0.15) is 5.26 Å². The molecule has 11 heavy (non-hydrogen) atoms. The average Bonchev–Trinajstić information content (AvgIpc) is 2.06. The summed E-state index contributed by atoms with van der Waals surface area (Å²) >= 11 is 0. The average molecular weight is 157 g/mol. The van der Waals surface area contributed by atoms with Crippen LogP contribution in [0.15, 0.2) is 0 Å². The van der Waals surface area contributed by atoms with Crippen LogP contribution in [0.2, 0.25) is 0 Å². The minimum atomic E-state index is -1.40. The second-order valence-corrected chi connectivity index (χ2v) is 3.21. The van der Waals surface area contributed by atoms with E-state index in [4.69, 9.17) is 10.4 Å². The van der Waals surface area contributed by atoms with Crippen LogP contribution in [0.3, 0.4) is 0 Å². The minimum Gasteiger partial charge on any atom is -0.393 e. The quantitative estimate of drug-likeness (QED) is 0.625. The monoisotopic (exact) mass is 157 g/mol. The highest BCUT2D eigenvalue weighted by Gasteiger charge is 2.34. The lowest BCUT2D eigenvalue weighted by Crippen LogP contribution is -2.32. The van der Waals surface area contributed by atoms with Gasteiger partial charge in [0, 0.05) is 5.92 Å². The standard InChI is InChI=1S/C8H12FNO/c9-8(6-11)3-1-7(5-10)2-4-8/h7,11H,1-4,6H2/t7-,8+. The summed E-state index contributed by atoms with van der Waals surface area (Å²) in [6.07, 6.45) is 1.85. The molecule has 1 saturated carbocycles. The zero-order valence-corrected chi connectivity index (χ0v) is 6.39. The van der Waals surface area contributed by atoms with Crippen LogP contribution < -0.4 is 0 Å². The van der Waals surface area contributed by atoms with Crippen LogP contribution in [-0.2, 0) is 0 Å². The Bertz CT molecular complexity index is 167. The molecule has 0 aromatic carbocycles. The van der Waals surface area contributed by atoms with Gasteiger partial charge in [0.2, 0.25) is 0 Å². The van der Waals surface area contributed by atoms with Crippen molar-refractivity contribution in [1.82, 2.24) is 0 Å². The highest BCUT2D eigenvalue weighted by atomic mass is 19.1. The summed E-state index contributed by atoms with van der Waals surface area (Å²) in [6, 6.07) is 2.12. The summed E-state index contributed by atoms with van der Waals surface area (Å²) in [5.41, 5.74) is -1.40. The second-order valence-electron chi connectivity index (χ2n) is 3.21. The molecular weight excluding hydrogens is 145 g/mol. The molecule has 0 aliphatic heterocycles. The van der Waals surface area contributed by atoms with Crippen molar-refractivity contribution in [2.45, 2.75) is 31.4 Å². The summed E-state index contributed by atoms with van der Waals surface area (Å²) < 4.78 is 13.3. The lowest BCUT2D eigenvalue weighted by molar-refractivity contribution is 0.0289. The van der Waals surface area contributed by atoms with Gasteiger partial charge >= 0.3 is 0 Å². The first-order chi connectivity index (χ1) is 5.20. The van der Waals surface area contributed by atoms with Gasteiger partial charge in [-0.15, -0.1) is 0 Å². The van der Waals surface area contributed by atoms with E-state index in [9.17, 15) is 4.39 Å². The van der Waals surface area contributed by atoms with Crippen LogP contribution >= 0.6 is 0 Å². The molecule has 1 aliphatic rings. The lowest BCUT2D eigenvalue weighted by atomic mass is 9.81. The van der Waals surface area contributed by atoms with Gasteiger partial charge in [0.05, 0.1) is 12.7 Å². The van der Waals surface area contributed by atoms with Gasteiger partial charge < -0.3 is 5.11 Å². The summed E-state index contributed by atoms with van der Waals surface area (Å²) in [4.78, 5) is 0. The van der Waals surface area contributed by atoms with E-state index in [0.717, 1.165) is 0 Å². The number of rotatable bonds is 1. The number of hydrogen-bond donors (Lipinski definition) is 1. The minimum absolute atomic E-state index is 0.00502.